The van der Waals surface area contributed by atoms with E-state index in [0.29, 0.717) is 5.69 Å². The Morgan fingerprint density at radius 2 is 2.17 bits per heavy atom. The molecule has 1 rings (SSSR count). The standard InChI is InChI=1S/C8H9NO3/c1-9-6-4-2-3-5(7(6)10)8(11)12/h2-4,9-10H,1H3,(H,11,12). The number of rotatable bonds is 2. The Morgan fingerprint density at radius 3 is 2.67 bits per heavy atom. The Balaban J connectivity index is 3.23. The van der Waals surface area contributed by atoms with Crippen molar-refractivity contribution in [1.29, 1.82) is 0 Å². The molecule has 12 heavy (non-hydrogen) atoms. The topological polar surface area (TPSA) is 69.6 Å². The molecule has 0 saturated carbocycles. The van der Waals surface area contributed by atoms with Crippen LogP contribution in [0.1, 0.15) is 10.4 Å². The highest BCUT2D eigenvalue weighted by atomic mass is 16.4. The number of benzene rings is 1. The molecule has 0 bridgehead atoms. The van der Waals surface area contributed by atoms with E-state index in [0.717, 1.165) is 0 Å². The van der Waals surface area contributed by atoms with Crippen LogP contribution in [0.15, 0.2) is 18.2 Å². The number of carboxylic acid groups (broad SMARTS) is 1. The summed E-state index contributed by atoms with van der Waals surface area (Å²) in [5.74, 6) is -1.36. The first-order valence-electron chi connectivity index (χ1n) is 3.40. The van der Waals surface area contributed by atoms with Crippen LogP contribution in [0.3, 0.4) is 0 Å². The van der Waals surface area contributed by atoms with Crippen molar-refractivity contribution < 1.29 is 15.0 Å². The summed E-state index contributed by atoms with van der Waals surface area (Å²) >= 11 is 0. The van der Waals surface area contributed by atoms with Crippen LogP contribution in [0, 0.1) is 0 Å². The van der Waals surface area contributed by atoms with E-state index in [2.05, 4.69) is 5.32 Å². The van der Waals surface area contributed by atoms with Crippen molar-refractivity contribution in [3.05, 3.63) is 23.8 Å². The van der Waals surface area contributed by atoms with Crippen LogP contribution in [-0.4, -0.2) is 23.2 Å². The van der Waals surface area contributed by atoms with Gasteiger partial charge in [-0.1, -0.05) is 6.07 Å². The SMILES string of the molecule is CNc1cccc(C(=O)O)c1O. The van der Waals surface area contributed by atoms with Crippen LogP contribution < -0.4 is 5.32 Å². The Morgan fingerprint density at radius 1 is 1.50 bits per heavy atom. The number of carboxylic acids is 1. The van der Waals surface area contributed by atoms with Gasteiger partial charge >= 0.3 is 5.97 Å². The molecule has 0 unspecified atom stereocenters. The van der Waals surface area contributed by atoms with Crippen LogP contribution in [-0.2, 0) is 0 Å². The molecule has 0 aliphatic carbocycles. The summed E-state index contributed by atoms with van der Waals surface area (Å²) in [7, 11) is 1.61. The fourth-order valence-corrected chi connectivity index (χ4v) is 0.918. The summed E-state index contributed by atoms with van der Waals surface area (Å²) in [5, 5.41) is 20.6. The number of hydrogen-bond acceptors (Lipinski definition) is 3. The second-order valence-electron chi connectivity index (χ2n) is 2.26. The largest absolute Gasteiger partial charge is 0.505 e. The molecule has 0 aliphatic rings. The summed E-state index contributed by atoms with van der Waals surface area (Å²) in [6, 6.07) is 4.51. The van der Waals surface area contributed by atoms with Crippen LogP contribution >= 0.6 is 0 Å². The van der Waals surface area contributed by atoms with Gasteiger partial charge < -0.3 is 15.5 Å². The lowest BCUT2D eigenvalue weighted by molar-refractivity contribution is 0.0694. The van der Waals surface area contributed by atoms with Crippen molar-refractivity contribution in [3.63, 3.8) is 0 Å². The van der Waals surface area contributed by atoms with E-state index in [9.17, 15) is 9.90 Å². The van der Waals surface area contributed by atoms with Crippen molar-refractivity contribution in [2.24, 2.45) is 0 Å². The predicted molar refractivity (Wildman–Crippen MR) is 44.6 cm³/mol. The fourth-order valence-electron chi connectivity index (χ4n) is 0.918. The number of nitrogens with one attached hydrogen (secondary N) is 1. The average molecular weight is 167 g/mol. The number of carbonyl (C=O) groups is 1. The molecule has 4 heteroatoms. The van der Waals surface area contributed by atoms with Gasteiger partial charge in [0.05, 0.1) is 5.69 Å². The van der Waals surface area contributed by atoms with Crippen LogP contribution in [0.2, 0.25) is 0 Å². The number of anilines is 1. The molecule has 0 aromatic heterocycles. The van der Waals surface area contributed by atoms with E-state index in [-0.39, 0.29) is 11.3 Å². The smallest absolute Gasteiger partial charge is 0.339 e. The van der Waals surface area contributed by atoms with Gasteiger partial charge in [-0.25, -0.2) is 4.79 Å². The first-order chi connectivity index (χ1) is 5.66. The van der Waals surface area contributed by atoms with Gasteiger partial charge in [-0.05, 0) is 12.1 Å². The molecule has 64 valence electrons. The second-order valence-corrected chi connectivity index (χ2v) is 2.26. The third-order valence-electron chi connectivity index (χ3n) is 1.54. The highest BCUT2D eigenvalue weighted by molar-refractivity contribution is 5.93. The van der Waals surface area contributed by atoms with Gasteiger partial charge in [-0.3, -0.25) is 0 Å². The molecule has 0 amide bonds. The van der Waals surface area contributed by atoms with E-state index < -0.39 is 5.97 Å². The van der Waals surface area contributed by atoms with E-state index in [1.165, 1.54) is 6.07 Å². The van der Waals surface area contributed by atoms with Crippen molar-refractivity contribution in [2.45, 2.75) is 0 Å². The molecule has 4 nitrogen and oxygen atoms in total. The zero-order valence-electron chi connectivity index (χ0n) is 6.53. The van der Waals surface area contributed by atoms with Crippen molar-refractivity contribution in [3.8, 4) is 5.75 Å². The zero-order valence-corrected chi connectivity index (χ0v) is 6.53. The number of aromatic carboxylic acids is 1. The Hall–Kier alpha value is -1.71. The molecule has 0 atom stereocenters. The quantitative estimate of drug-likeness (QED) is 0.577. The first kappa shape index (κ1) is 8.39. The molecule has 0 aliphatic heterocycles. The minimum atomic E-state index is -1.13. The van der Waals surface area contributed by atoms with E-state index in [4.69, 9.17) is 5.11 Å². The van der Waals surface area contributed by atoms with Crippen LogP contribution in [0.4, 0.5) is 5.69 Å². The fraction of sp³-hybridized carbons (Fsp3) is 0.125. The van der Waals surface area contributed by atoms with Crippen molar-refractivity contribution in [2.75, 3.05) is 12.4 Å². The molecular weight excluding hydrogens is 158 g/mol. The van der Waals surface area contributed by atoms with Crippen molar-refractivity contribution >= 4 is 11.7 Å². The summed E-state index contributed by atoms with van der Waals surface area (Å²) in [4.78, 5) is 10.5. The van der Waals surface area contributed by atoms with E-state index >= 15 is 0 Å². The summed E-state index contributed by atoms with van der Waals surface area (Å²) in [6.45, 7) is 0. The average Bonchev–Trinajstić information content (AvgIpc) is 2.04. The molecule has 0 fully saturated rings. The van der Waals surface area contributed by atoms with Crippen LogP contribution in [0.25, 0.3) is 0 Å². The lowest BCUT2D eigenvalue weighted by Gasteiger charge is -2.04. The van der Waals surface area contributed by atoms with Gasteiger partial charge in [0, 0.05) is 7.05 Å². The molecule has 0 saturated heterocycles. The highest BCUT2D eigenvalue weighted by Gasteiger charge is 2.11. The molecule has 0 radical (unpaired) electrons. The maximum Gasteiger partial charge on any atom is 0.339 e. The second kappa shape index (κ2) is 3.13. The minimum absolute atomic E-state index is 0.0955. The molecule has 1 aromatic carbocycles. The van der Waals surface area contributed by atoms with E-state index in [1.54, 1.807) is 19.2 Å². The Labute approximate surface area is 69.5 Å². The number of hydrogen-bond donors (Lipinski definition) is 3. The molecule has 0 spiro atoms. The number of para-hydroxylation sites is 1. The number of aromatic hydroxyl groups is 1. The number of phenols is 1. The molecule has 0 heterocycles. The molecule has 1 aromatic rings. The maximum atomic E-state index is 10.5. The minimum Gasteiger partial charge on any atom is -0.505 e. The highest BCUT2D eigenvalue weighted by Crippen LogP contribution is 2.26. The van der Waals surface area contributed by atoms with Crippen molar-refractivity contribution in [1.82, 2.24) is 0 Å². The van der Waals surface area contributed by atoms with Gasteiger partial charge in [0.2, 0.25) is 0 Å². The third-order valence-corrected chi connectivity index (χ3v) is 1.54. The Kier molecular flexibility index (Phi) is 2.19. The maximum absolute atomic E-state index is 10.5. The Bertz CT molecular complexity index is 309. The summed E-state index contributed by atoms with van der Waals surface area (Å²) < 4.78 is 0. The predicted octanol–water partition coefficient (Wildman–Crippen LogP) is 1.13. The lowest BCUT2D eigenvalue weighted by Crippen LogP contribution is -1.98. The zero-order chi connectivity index (χ0) is 9.14. The van der Waals surface area contributed by atoms with E-state index in [1.807, 2.05) is 0 Å². The molecule has 3 N–H and O–H groups in total. The van der Waals surface area contributed by atoms with Gasteiger partial charge in [0.1, 0.15) is 5.56 Å². The third kappa shape index (κ3) is 1.32. The first-order valence-corrected chi connectivity index (χ1v) is 3.40. The van der Waals surface area contributed by atoms with Gasteiger partial charge in [0.25, 0.3) is 0 Å². The normalized spacial score (nSPS) is 9.42. The van der Waals surface area contributed by atoms with Gasteiger partial charge in [-0.15, -0.1) is 0 Å². The van der Waals surface area contributed by atoms with Gasteiger partial charge in [0.15, 0.2) is 5.75 Å². The van der Waals surface area contributed by atoms with Gasteiger partial charge in [-0.2, -0.15) is 0 Å². The summed E-state index contributed by atoms with van der Waals surface area (Å²) in [6.07, 6.45) is 0. The molecular formula is C8H9NO3. The monoisotopic (exact) mass is 167 g/mol. The summed E-state index contributed by atoms with van der Waals surface area (Å²) in [5.41, 5.74) is 0.316. The van der Waals surface area contributed by atoms with Crippen LogP contribution in [0.5, 0.6) is 5.75 Å². The lowest BCUT2D eigenvalue weighted by atomic mass is 10.2.